The highest BCUT2D eigenvalue weighted by atomic mass is 16.5. The van der Waals surface area contributed by atoms with E-state index >= 15 is 0 Å². The predicted molar refractivity (Wildman–Crippen MR) is 66.4 cm³/mol. The van der Waals surface area contributed by atoms with Gasteiger partial charge in [-0.25, -0.2) is 9.59 Å². The van der Waals surface area contributed by atoms with E-state index in [2.05, 4.69) is 10.6 Å². The van der Waals surface area contributed by atoms with E-state index in [9.17, 15) is 14.7 Å². The molecule has 2 unspecified atom stereocenters. The van der Waals surface area contributed by atoms with Crippen molar-refractivity contribution in [2.24, 2.45) is 5.92 Å². The first-order valence-electron chi connectivity index (χ1n) is 6.30. The molecule has 1 saturated carbocycles. The van der Waals surface area contributed by atoms with Crippen molar-refractivity contribution < 1.29 is 19.4 Å². The molecule has 2 atom stereocenters. The Kier molecular flexibility index (Phi) is 4.95. The number of amides is 2. The fourth-order valence-electron chi connectivity index (χ4n) is 1.82. The Morgan fingerprint density at radius 1 is 1.50 bits per heavy atom. The maximum absolute atomic E-state index is 11.7. The summed E-state index contributed by atoms with van der Waals surface area (Å²) in [5, 5.41) is 14.4. The van der Waals surface area contributed by atoms with Gasteiger partial charge in [0.05, 0.1) is 12.6 Å². The van der Waals surface area contributed by atoms with Gasteiger partial charge in [0.15, 0.2) is 0 Å². The van der Waals surface area contributed by atoms with E-state index in [1.807, 2.05) is 13.8 Å². The van der Waals surface area contributed by atoms with Crippen LogP contribution < -0.4 is 10.6 Å². The van der Waals surface area contributed by atoms with E-state index in [4.69, 9.17) is 4.74 Å². The topological polar surface area (TPSA) is 87.7 Å². The molecule has 6 nitrogen and oxygen atoms in total. The van der Waals surface area contributed by atoms with Gasteiger partial charge in [0.2, 0.25) is 0 Å². The van der Waals surface area contributed by atoms with Crippen molar-refractivity contribution in [1.82, 2.24) is 10.6 Å². The molecule has 0 aliphatic heterocycles. The minimum atomic E-state index is -1.17. The lowest BCUT2D eigenvalue weighted by molar-refractivity contribution is -0.144. The van der Waals surface area contributed by atoms with Gasteiger partial charge in [0.25, 0.3) is 0 Å². The van der Waals surface area contributed by atoms with Gasteiger partial charge in [0.1, 0.15) is 5.54 Å². The molecule has 0 bridgehead atoms. The lowest BCUT2D eigenvalue weighted by Gasteiger charge is -2.27. The number of hydrogen-bond donors (Lipinski definition) is 3. The molecule has 0 spiro atoms. The summed E-state index contributed by atoms with van der Waals surface area (Å²) in [6.07, 6.45) is 1.69. The number of nitrogens with one attached hydrogen (secondary N) is 2. The van der Waals surface area contributed by atoms with Gasteiger partial charge < -0.3 is 20.5 Å². The van der Waals surface area contributed by atoms with Crippen LogP contribution in [0.2, 0.25) is 0 Å². The van der Waals surface area contributed by atoms with Crippen LogP contribution in [0.4, 0.5) is 4.79 Å². The maximum atomic E-state index is 11.7. The highest BCUT2D eigenvalue weighted by Crippen LogP contribution is 2.39. The molecule has 6 heteroatoms. The first-order chi connectivity index (χ1) is 8.40. The second-order valence-corrected chi connectivity index (χ2v) is 4.94. The van der Waals surface area contributed by atoms with Gasteiger partial charge >= 0.3 is 12.0 Å². The van der Waals surface area contributed by atoms with E-state index in [-0.39, 0.29) is 12.0 Å². The molecular formula is C12H22N2O4. The summed E-state index contributed by atoms with van der Waals surface area (Å²) in [4.78, 5) is 23.0. The number of carboxylic acid groups (broad SMARTS) is 1. The molecule has 2 amide bonds. The molecule has 0 aromatic rings. The van der Waals surface area contributed by atoms with Gasteiger partial charge in [-0.15, -0.1) is 0 Å². The highest BCUT2D eigenvalue weighted by Gasteiger charge is 2.48. The van der Waals surface area contributed by atoms with Crippen LogP contribution >= 0.6 is 0 Å². The number of urea groups is 1. The largest absolute Gasteiger partial charge is 0.480 e. The summed E-state index contributed by atoms with van der Waals surface area (Å²) < 4.78 is 5.17. The molecule has 0 aromatic carbocycles. The minimum absolute atomic E-state index is 0.0305. The Bertz CT molecular complexity index is 317. The molecule has 0 radical (unpaired) electrons. The van der Waals surface area contributed by atoms with Gasteiger partial charge in [-0.2, -0.15) is 0 Å². The minimum Gasteiger partial charge on any atom is -0.480 e. The third-order valence-electron chi connectivity index (χ3n) is 3.16. The Balaban J connectivity index is 2.44. The number of aliphatic carboxylic acids is 1. The standard InChI is InChI=1S/C12H22N2O4/c1-4-18-7-8(2)13-11(17)14-12(3,10(15)16)9-5-6-9/h8-9H,4-7H2,1-3H3,(H,15,16)(H2,13,14,17). The van der Waals surface area contributed by atoms with E-state index in [0.717, 1.165) is 12.8 Å². The van der Waals surface area contributed by atoms with Crippen molar-refractivity contribution in [3.05, 3.63) is 0 Å². The number of hydrogen-bond acceptors (Lipinski definition) is 3. The van der Waals surface area contributed by atoms with E-state index in [1.165, 1.54) is 0 Å². The summed E-state index contributed by atoms with van der Waals surface area (Å²) in [5.74, 6) is -0.958. The first-order valence-corrected chi connectivity index (χ1v) is 6.30. The normalized spacial score (nSPS) is 19.7. The molecule has 3 N–H and O–H groups in total. The van der Waals surface area contributed by atoms with Crippen LogP contribution in [-0.2, 0) is 9.53 Å². The smallest absolute Gasteiger partial charge is 0.329 e. The molecular weight excluding hydrogens is 236 g/mol. The summed E-state index contributed by atoms with van der Waals surface area (Å²) in [5.41, 5.74) is -1.17. The molecule has 0 saturated heterocycles. The zero-order chi connectivity index (χ0) is 13.8. The van der Waals surface area contributed by atoms with Gasteiger partial charge in [-0.1, -0.05) is 0 Å². The number of carbonyl (C=O) groups is 2. The Hall–Kier alpha value is -1.30. The summed E-state index contributed by atoms with van der Waals surface area (Å²) in [7, 11) is 0. The molecule has 0 aromatic heterocycles. The fraction of sp³-hybridized carbons (Fsp3) is 0.833. The fourth-order valence-corrected chi connectivity index (χ4v) is 1.82. The Labute approximate surface area is 107 Å². The maximum Gasteiger partial charge on any atom is 0.329 e. The molecule has 1 aliphatic carbocycles. The summed E-state index contributed by atoms with van der Waals surface area (Å²) in [6.45, 7) is 6.24. The van der Waals surface area contributed by atoms with Crippen LogP contribution in [0.3, 0.4) is 0 Å². The Morgan fingerprint density at radius 3 is 2.56 bits per heavy atom. The van der Waals surface area contributed by atoms with Gasteiger partial charge in [-0.05, 0) is 39.5 Å². The third-order valence-corrected chi connectivity index (χ3v) is 3.16. The molecule has 18 heavy (non-hydrogen) atoms. The van der Waals surface area contributed by atoms with Crippen molar-refractivity contribution in [2.45, 2.75) is 45.2 Å². The van der Waals surface area contributed by atoms with Crippen molar-refractivity contribution in [3.8, 4) is 0 Å². The van der Waals surface area contributed by atoms with Crippen molar-refractivity contribution in [3.63, 3.8) is 0 Å². The molecule has 0 heterocycles. The van der Waals surface area contributed by atoms with Crippen molar-refractivity contribution in [2.75, 3.05) is 13.2 Å². The predicted octanol–water partition coefficient (Wildman–Crippen LogP) is 0.964. The van der Waals surface area contributed by atoms with Crippen molar-refractivity contribution >= 4 is 12.0 Å². The zero-order valence-electron chi connectivity index (χ0n) is 11.2. The average Bonchev–Trinajstić information content (AvgIpc) is 3.09. The average molecular weight is 258 g/mol. The first kappa shape index (κ1) is 14.8. The van der Waals surface area contributed by atoms with Crippen LogP contribution in [0.25, 0.3) is 0 Å². The number of ether oxygens (including phenoxy) is 1. The van der Waals surface area contributed by atoms with E-state index < -0.39 is 17.5 Å². The molecule has 1 aliphatic rings. The number of carboxylic acids is 1. The third kappa shape index (κ3) is 3.87. The summed E-state index contributed by atoms with van der Waals surface area (Å²) in [6, 6.07) is -0.610. The second kappa shape index (κ2) is 6.04. The highest BCUT2D eigenvalue weighted by molar-refractivity contribution is 5.86. The Morgan fingerprint density at radius 2 is 2.11 bits per heavy atom. The van der Waals surface area contributed by atoms with Crippen LogP contribution in [0, 0.1) is 5.92 Å². The van der Waals surface area contributed by atoms with Gasteiger partial charge in [-0.3, -0.25) is 0 Å². The SMILES string of the molecule is CCOCC(C)NC(=O)NC(C)(C(=O)O)C1CC1. The van der Waals surface area contributed by atoms with Crippen LogP contribution in [-0.4, -0.2) is 41.9 Å². The number of carbonyl (C=O) groups excluding carboxylic acids is 1. The van der Waals surface area contributed by atoms with Crippen LogP contribution in [0.5, 0.6) is 0 Å². The summed E-state index contributed by atoms with van der Waals surface area (Å²) >= 11 is 0. The lowest BCUT2D eigenvalue weighted by Crippen LogP contribution is -2.58. The number of rotatable bonds is 7. The van der Waals surface area contributed by atoms with E-state index in [0.29, 0.717) is 13.2 Å². The van der Waals surface area contributed by atoms with Gasteiger partial charge in [0, 0.05) is 6.61 Å². The quantitative estimate of drug-likeness (QED) is 0.635. The molecule has 1 rings (SSSR count). The van der Waals surface area contributed by atoms with Crippen LogP contribution in [0.1, 0.15) is 33.6 Å². The van der Waals surface area contributed by atoms with E-state index in [1.54, 1.807) is 6.92 Å². The molecule has 1 fully saturated rings. The van der Waals surface area contributed by atoms with Crippen LogP contribution in [0.15, 0.2) is 0 Å². The molecule has 104 valence electrons. The monoisotopic (exact) mass is 258 g/mol. The lowest BCUT2D eigenvalue weighted by atomic mass is 9.96. The second-order valence-electron chi connectivity index (χ2n) is 4.94. The zero-order valence-corrected chi connectivity index (χ0v) is 11.2. The van der Waals surface area contributed by atoms with Crippen molar-refractivity contribution in [1.29, 1.82) is 0 Å².